The molecule has 1 N–H and O–H groups in total. The Kier molecular flexibility index (Phi) is 10.7. The van der Waals surface area contributed by atoms with E-state index < -0.39 is 28.5 Å². The van der Waals surface area contributed by atoms with Crippen LogP contribution in [0.5, 0.6) is 5.75 Å². The quantitative estimate of drug-likeness (QED) is 0.434. The van der Waals surface area contributed by atoms with E-state index in [-0.39, 0.29) is 28.2 Å². The number of anilines is 1. The fraction of sp³-hybridized carbons (Fsp3) is 0.417. The van der Waals surface area contributed by atoms with Crippen LogP contribution in [0.2, 0.25) is 10.0 Å². The van der Waals surface area contributed by atoms with Crippen molar-refractivity contribution in [3.8, 4) is 5.75 Å². The molecule has 0 aliphatic carbocycles. The Bertz CT molecular complexity index is 1140. The van der Waals surface area contributed by atoms with Crippen LogP contribution in [0.25, 0.3) is 0 Å². The zero-order valence-electron chi connectivity index (χ0n) is 20.3. The number of sulfonamides is 1. The molecule has 0 spiro atoms. The summed E-state index contributed by atoms with van der Waals surface area (Å²) in [5, 5.41) is 3.22. The standard InChI is InChI=1S/C24H31Cl2N3O5S/c1-5-12-27-24(31)21(6-2)28(15-17-8-7-9-19(13-17)34-3)23(30)16-29(35(4,32)33)22-14-18(25)10-11-20(22)26/h7-11,13-14,21H,5-6,12,15-16H2,1-4H3,(H,27,31). The molecule has 2 aromatic rings. The average Bonchev–Trinajstić information content (AvgIpc) is 2.81. The van der Waals surface area contributed by atoms with Gasteiger partial charge in [-0.1, -0.05) is 49.2 Å². The number of hydrogen-bond acceptors (Lipinski definition) is 5. The van der Waals surface area contributed by atoms with Gasteiger partial charge in [-0.2, -0.15) is 0 Å². The Morgan fingerprint density at radius 2 is 1.83 bits per heavy atom. The number of hydrogen-bond donors (Lipinski definition) is 1. The number of carbonyl (C=O) groups excluding carboxylic acids is 2. The Morgan fingerprint density at radius 1 is 1.11 bits per heavy atom. The normalized spacial score (nSPS) is 12.1. The topological polar surface area (TPSA) is 96.0 Å². The zero-order chi connectivity index (χ0) is 26.2. The second-order valence-corrected chi connectivity index (χ2v) is 10.7. The molecule has 0 radical (unpaired) electrons. The second-order valence-electron chi connectivity index (χ2n) is 7.95. The number of halogens is 2. The van der Waals surface area contributed by atoms with Crippen molar-refractivity contribution in [2.24, 2.45) is 0 Å². The third-order valence-electron chi connectivity index (χ3n) is 5.28. The molecule has 192 valence electrons. The lowest BCUT2D eigenvalue weighted by molar-refractivity contribution is -0.140. The Hall–Kier alpha value is -2.49. The van der Waals surface area contributed by atoms with Gasteiger partial charge < -0.3 is 15.0 Å². The number of amides is 2. The summed E-state index contributed by atoms with van der Waals surface area (Å²) in [6, 6.07) is 10.7. The van der Waals surface area contributed by atoms with Crippen LogP contribution in [0.4, 0.5) is 5.69 Å². The number of methoxy groups -OCH3 is 1. The van der Waals surface area contributed by atoms with Crippen LogP contribution in [-0.4, -0.2) is 57.6 Å². The summed E-state index contributed by atoms with van der Waals surface area (Å²) < 4.78 is 31.5. The van der Waals surface area contributed by atoms with E-state index in [0.717, 1.165) is 22.5 Å². The molecule has 0 heterocycles. The smallest absolute Gasteiger partial charge is 0.244 e. The van der Waals surface area contributed by atoms with Crippen molar-refractivity contribution in [2.75, 3.05) is 30.8 Å². The van der Waals surface area contributed by atoms with E-state index in [2.05, 4.69) is 5.32 Å². The van der Waals surface area contributed by atoms with Crippen LogP contribution in [0.1, 0.15) is 32.3 Å². The first-order valence-electron chi connectivity index (χ1n) is 11.1. The van der Waals surface area contributed by atoms with Gasteiger partial charge in [0.25, 0.3) is 0 Å². The van der Waals surface area contributed by atoms with Gasteiger partial charge in [0.05, 0.1) is 24.1 Å². The van der Waals surface area contributed by atoms with E-state index in [4.69, 9.17) is 27.9 Å². The van der Waals surface area contributed by atoms with Gasteiger partial charge in [-0.15, -0.1) is 0 Å². The van der Waals surface area contributed by atoms with Gasteiger partial charge in [-0.3, -0.25) is 13.9 Å². The first-order chi connectivity index (χ1) is 16.5. The molecule has 35 heavy (non-hydrogen) atoms. The van der Waals surface area contributed by atoms with Crippen molar-refractivity contribution in [2.45, 2.75) is 39.3 Å². The minimum Gasteiger partial charge on any atom is -0.497 e. The average molecular weight is 545 g/mol. The van der Waals surface area contributed by atoms with Gasteiger partial charge >= 0.3 is 0 Å². The largest absolute Gasteiger partial charge is 0.497 e. The predicted octanol–water partition coefficient (Wildman–Crippen LogP) is 4.10. The van der Waals surface area contributed by atoms with Gasteiger partial charge in [-0.25, -0.2) is 8.42 Å². The molecule has 0 fully saturated rings. The maximum absolute atomic E-state index is 13.6. The predicted molar refractivity (Wildman–Crippen MR) is 140 cm³/mol. The summed E-state index contributed by atoms with van der Waals surface area (Å²) >= 11 is 12.3. The van der Waals surface area contributed by atoms with E-state index in [1.165, 1.54) is 30.2 Å². The summed E-state index contributed by atoms with van der Waals surface area (Å²) in [6.07, 6.45) is 2.05. The van der Waals surface area contributed by atoms with E-state index >= 15 is 0 Å². The molecular weight excluding hydrogens is 513 g/mol. The molecule has 0 aliphatic rings. The molecule has 0 saturated heterocycles. The van der Waals surface area contributed by atoms with Gasteiger partial charge in [0.2, 0.25) is 21.8 Å². The fourth-order valence-corrected chi connectivity index (χ4v) is 4.81. The number of ether oxygens (including phenoxy) is 1. The summed E-state index contributed by atoms with van der Waals surface area (Å²) in [7, 11) is -2.38. The SMILES string of the molecule is CCCNC(=O)C(CC)N(Cc1cccc(OC)c1)C(=O)CN(c1cc(Cl)ccc1Cl)S(C)(=O)=O. The fourth-order valence-electron chi connectivity index (χ4n) is 3.52. The number of rotatable bonds is 12. The van der Waals surface area contributed by atoms with Gasteiger partial charge in [-0.05, 0) is 48.7 Å². The van der Waals surface area contributed by atoms with Crippen molar-refractivity contribution in [3.05, 3.63) is 58.1 Å². The lowest BCUT2D eigenvalue weighted by Crippen LogP contribution is -2.52. The number of carbonyl (C=O) groups is 2. The van der Waals surface area contributed by atoms with Crippen LogP contribution in [0.3, 0.4) is 0 Å². The zero-order valence-corrected chi connectivity index (χ0v) is 22.6. The minimum absolute atomic E-state index is 0.0783. The minimum atomic E-state index is -3.91. The highest BCUT2D eigenvalue weighted by atomic mass is 35.5. The van der Waals surface area contributed by atoms with E-state index in [9.17, 15) is 18.0 Å². The maximum Gasteiger partial charge on any atom is 0.244 e. The summed E-state index contributed by atoms with van der Waals surface area (Å²) in [5.41, 5.74) is 0.811. The monoisotopic (exact) mass is 543 g/mol. The lowest BCUT2D eigenvalue weighted by atomic mass is 10.1. The lowest BCUT2D eigenvalue weighted by Gasteiger charge is -2.33. The molecule has 1 atom stereocenters. The number of nitrogens with one attached hydrogen (secondary N) is 1. The molecule has 1 unspecified atom stereocenters. The van der Waals surface area contributed by atoms with Gasteiger partial charge in [0.15, 0.2) is 0 Å². The molecule has 2 amide bonds. The third kappa shape index (κ3) is 8.02. The van der Waals surface area contributed by atoms with Crippen molar-refractivity contribution in [1.29, 1.82) is 0 Å². The van der Waals surface area contributed by atoms with Gasteiger partial charge in [0, 0.05) is 18.1 Å². The highest BCUT2D eigenvalue weighted by molar-refractivity contribution is 7.92. The summed E-state index contributed by atoms with van der Waals surface area (Å²) in [5.74, 6) is -0.271. The van der Waals surface area contributed by atoms with Crippen LogP contribution >= 0.6 is 23.2 Å². The third-order valence-corrected chi connectivity index (χ3v) is 6.96. The number of nitrogens with zero attached hydrogens (tertiary/aromatic N) is 2. The van der Waals surface area contributed by atoms with E-state index in [0.29, 0.717) is 18.7 Å². The second kappa shape index (κ2) is 13.0. The van der Waals surface area contributed by atoms with Gasteiger partial charge in [0.1, 0.15) is 18.3 Å². The Balaban J connectivity index is 2.48. The Morgan fingerprint density at radius 3 is 2.43 bits per heavy atom. The summed E-state index contributed by atoms with van der Waals surface area (Å²) in [6.45, 7) is 3.71. The van der Waals surface area contributed by atoms with Crippen molar-refractivity contribution >= 4 is 50.7 Å². The Labute approximate surface area is 217 Å². The van der Waals surface area contributed by atoms with E-state index in [1.807, 2.05) is 13.0 Å². The van der Waals surface area contributed by atoms with Crippen LogP contribution in [0.15, 0.2) is 42.5 Å². The molecule has 0 aromatic heterocycles. The molecule has 2 rings (SSSR count). The van der Waals surface area contributed by atoms with Crippen LogP contribution in [0, 0.1) is 0 Å². The van der Waals surface area contributed by atoms with E-state index in [1.54, 1.807) is 25.1 Å². The molecular formula is C24H31Cl2N3O5S. The molecule has 11 heteroatoms. The molecule has 0 bridgehead atoms. The van der Waals surface area contributed by atoms with Crippen molar-refractivity contribution < 1.29 is 22.7 Å². The first kappa shape index (κ1) is 28.7. The van der Waals surface area contributed by atoms with Crippen LogP contribution in [-0.2, 0) is 26.2 Å². The van der Waals surface area contributed by atoms with Crippen molar-refractivity contribution in [1.82, 2.24) is 10.2 Å². The maximum atomic E-state index is 13.6. The first-order valence-corrected chi connectivity index (χ1v) is 13.7. The van der Waals surface area contributed by atoms with Crippen molar-refractivity contribution in [3.63, 3.8) is 0 Å². The molecule has 8 nitrogen and oxygen atoms in total. The molecule has 0 saturated carbocycles. The summed E-state index contributed by atoms with van der Waals surface area (Å²) in [4.78, 5) is 28.0. The highest BCUT2D eigenvalue weighted by Gasteiger charge is 2.32. The molecule has 0 aliphatic heterocycles. The van der Waals surface area contributed by atoms with Crippen LogP contribution < -0.4 is 14.4 Å². The molecule has 2 aromatic carbocycles. The number of benzene rings is 2. The highest BCUT2D eigenvalue weighted by Crippen LogP contribution is 2.31.